The molecular weight excluding hydrogens is 373 g/mol. The summed E-state index contributed by atoms with van der Waals surface area (Å²) in [5, 5.41) is 11.4. The fourth-order valence-electron chi connectivity index (χ4n) is 3.61. The van der Waals surface area contributed by atoms with Crippen LogP contribution in [0.2, 0.25) is 0 Å². The van der Waals surface area contributed by atoms with E-state index in [0.29, 0.717) is 41.6 Å². The third-order valence-electron chi connectivity index (χ3n) is 5.22. The Balaban J connectivity index is 1.60. The summed E-state index contributed by atoms with van der Waals surface area (Å²) in [6.45, 7) is 2.82. The molecule has 0 aliphatic heterocycles. The number of benzene rings is 2. The first-order chi connectivity index (χ1) is 14.1. The van der Waals surface area contributed by atoms with Gasteiger partial charge in [0.15, 0.2) is 0 Å². The molecule has 5 nitrogen and oxygen atoms in total. The molecule has 0 radical (unpaired) electrons. The number of esters is 1. The molecule has 0 saturated heterocycles. The first kappa shape index (κ1) is 19.6. The van der Waals surface area contributed by atoms with Gasteiger partial charge in [-0.25, -0.2) is 9.18 Å². The summed E-state index contributed by atoms with van der Waals surface area (Å²) in [4.78, 5) is 14.7. The van der Waals surface area contributed by atoms with Crippen molar-refractivity contribution in [3.05, 3.63) is 71.2 Å². The molecule has 4 rings (SSSR count). The van der Waals surface area contributed by atoms with Gasteiger partial charge in [-0.2, -0.15) is 0 Å². The zero-order valence-corrected chi connectivity index (χ0v) is 16.3. The minimum absolute atomic E-state index is 0.285. The monoisotopic (exact) mass is 397 g/mol. The first-order valence-electron chi connectivity index (χ1n) is 9.92. The number of nitrogens with zero attached hydrogens (tertiary/aromatic N) is 1. The number of furan rings is 1. The van der Waals surface area contributed by atoms with Gasteiger partial charge in [0.05, 0.1) is 19.3 Å². The van der Waals surface area contributed by atoms with E-state index < -0.39 is 12.1 Å². The lowest BCUT2D eigenvalue weighted by Gasteiger charge is -2.24. The number of halogens is 1. The van der Waals surface area contributed by atoms with Crippen molar-refractivity contribution in [3.8, 4) is 0 Å². The van der Waals surface area contributed by atoms with E-state index in [1.807, 2.05) is 24.3 Å². The molecule has 2 aromatic carbocycles. The molecule has 3 aromatic rings. The van der Waals surface area contributed by atoms with E-state index in [1.54, 1.807) is 19.1 Å². The van der Waals surface area contributed by atoms with Crippen LogP contribution in [-0.2, 0) is 11.3 Å². The lowest BCUT2D eigenvalue weighted by molar-refractivity contribution is 0.0522. The Morgan fingerprint density at radius 1 is 1.24 bits per heavy atom. The number of hydrogen-bond acceptors (Lipinski definition) is 5. The zero-order chi connectivity index (χ0) is 20.4. The van der Waals surface area contributed by atoms with Crippen molar-refractivity contribution in [2.75, 3.05) is 13.2 Å². The molecule has 1 N–H and O–H groups in total. The molecule has 29 heavy (non-hydrogen) atoms. The fourth-order valence-corrected chi connectivity index (χ4v) is 3.61. The number of hydrogen-bond donors (Lipinski definition) is 1. The SMILES string of the molecule is CCOC(=O)c1c(CN(CC(O)c2ccc(F)cc2)C2CC2)oc2ccccc12. The number of rotatable bonds is 8. The molecule has 1 aromatic heterocycles. The van der Waals surface area contributed by atoms with Crippen LogP contribution in [0.1, 0.15) is 47.6 Å². The summed E-state index contributed by atoms with van der Waals surface area (Å²) in [6, 6.07) is 13.6. The number of aliphatic hydroxyl groups is 1. The van der Waals surface area contributed by atoms with E-state index in [4.69, 9.17) is 9.15 Å². The number of fused-ring (bicyclic) bond motifs is 1. The Labute approximate surface area is 168 Å². The number of para-hydroxylation sites is 1. The molecular formula is C23H24FNO4. The Hall–Kier alpha value is -2.70. The molecule has 1 fully saturated rings. The van der Waals surface area contributed by atoms with Crippen LogP contribution in [-0.4, -0.2) is 35.2 Å². The van der Waals surface area contributed by atoms with Crippen molar-refractivity contribution in [3.63, 3.8) is 0 Å². The topological polar surface area (TPSA) is 62.9 Å². The van der Waals surface area contributed by atoms with Gasteiger partial charge in [0.2, 0.25) is 0 Å². The molecule has 0 bridgehead atoms. The van der Waals surface area contributed by atoms with Crippen LogP contribution in [0.25, 0.3) is 11.0 Å². The molecule has 1 aliphatic carbocycles. The second-order valence-electron chi connectivity index (χ2n) is 7.34. The highest BCUT2D eigenvalue weighted by atomic mass is 19.1. The van der Waals surface area contributed by atoms with Crippen LogP contribution in [0, 0.1) is 5.82 Å². The molecule has 1 aliphatic rings. The number of carbonyl (C=O) groups excluding carboxylic acids is 1. The fraction of sp³-hybridized carbons (Fsp3) is 0.348. The third-order valence-corrected chi connectivity index (χ3v) is 5.22. The summed E-state index contributed by atoms with van der Waals surface area (Å²) in [5.41, 5.74) is 1.75. The highest BCUT2D eigenvalue weighted by molar-refractivity contribution is 6.04. The van der Waals surface area contributed by atoms with Crippen LogP contribution >= 0.6 is 0 Å². The predicted molar refractivity (Wildman–Crippen MR) is 107 cm³/mol. The first-order valence-corrected chi connectivity index (χ1v) is 9.92. The molecule has 0 spiro atoms. The second-order valence-corrected chi connectivity index (χ2v) is 7.34. The van der Waals surface area contributed by atoms with E-state index in [9.17, 15) is 14.3 Å². The Bertz CT molecular complexity index is 994. The van der Waals surface area contributed by atoms with Crippen LogP contribution in [0.3, 0.4) is 0 Å². The Morgan fingerprint density at radius 2 is 1.97 bits per heavy atom. The van der Waals surface area contributed by atoms with Gasteiger partial charge in [-0.1, -0.05) is 30.3 Å². The maximum absolute atomic E-state index is 13.2. The molecule has 1 heterocycles. The van der Waals surface area contributed by atoms with Crippen LogP contribution in [0.15, 0.2) is 52.9 Å². The molecule has 6 heteroatoms. The second kappa shape index (κ2) is 8.35. The molecule has 1 unspecified atom stereocenters. The van der Waals surface area contributed by atoms with Crippen molar-refractivity contribution in [1.29, 1.82) is 0 Å². The molecule has 1 atom stereocenters. The van der Waals surface area contributed by atoms with Gasteiger partial charge in [-0.05, 0) is 43.5 Å². The van der Waals surface area contributed by atoms with Gasteiger partial charge in [0.25, 0.3) is 0 Å². The summed E-state index contributed by atoms with van der Waals surface area (Å²) in [6.07, 6.45) is 1.31. The zero-order valence-electron chi connectivity index (χ0n) is 16.3. The normalized spacial score (nSPS) is 15.0. The van der Waals surface area contributed by atoms with Gasteiger partial charge in [-0.3, -0.25) is 4.90 Å². The van der Waals surface area contributed by atoms with Gasteiger partial charge in [0.1, 0.15) is 22.7 Å². The van der Waals surface area contributed by atoms with E-state index in [2.05, 4.69) is 4.90 Å². The summed E-state index contributed by atoms with van der Waals surface area (Å²) in [5.74, 6) is -0.188. The predicted octanol–water partition coefficient (Wildman–Crippen LogP) is 4.45. The van der Waals surface area contributed by atoms with Crippen molar-refractivity contribution < 1.29 is 23.4 Å². The summed E-state index contributed by atoms with van der Waals surface area (Å²) >= 11 is 0. The Morgan fingerprint density at radius 3 is 2.66 bits per heavy atom. The smallest absolute Gasteiger partial charge is 0.342 e. The van der Waals surface area contributed by atoms with Crippen LogP contribution in [0.4, 0.5) is 4.39 Å². The van der Waals surface area contributed by atoms with Crippen molar-refractivity contribution in [2.45, 2.75) is 38.5 Å². The van der Waals surface area contributed by atoms with E-state index in [0.717, 1.165) is 18.2 Å². The van der Waals surface area contributed by atoms with E-state index in [-0.39, 0.29) is 12.4 Å². The molecule has 1 saturated carbocycles. The lowest BCUT2D eigenvalue weighted by atomic mass is 10.1. The quantitative estimate of drug-likeness (QED) is 0.569. The van der Waals surface area contributed by atoms with Crippen LogP contribution < -0.4 is 0 Å². The van der Waals surface area contributed by atoms with Gasteiger partial charge in [0, 0.05) is 18.0 Å². The number of carbonyl (C=O) groups is 1. The summed E-state index contributed by atoms with van der Waals surface area (Å²) in [7, 11) is 0. The maximum atomic E-state index is 13.2. The van der Waals surface area contributed by atoms with E-state index in [1.165, 1.54) is 12.1 Å². The van der Waals surface area contributed by atoms with Gasteiger partial charge >= 0.3 is 5.97 Å². The highest BCUT2D eigenvalue weighted by Gasteiger charge is 2.33. The van der Waals surface area contributed by atoms with Crippen molar-refractivity contribution in [2.24, 2.45) is 0 Å². The Kier molecular flexibility index (Phi) is 5.65. The third kappa shape index (κ3) is 4.33. The maximum Gasteiger partial charge on any atom is 0.342 e. The van der Waals surface area contributed by atoms with E-state index >= 15 is 0 Å². The van der Waals surface area contributed by atoms with Crippen molar-refractivity contribution >= 4 is 16.9 Å². The van der Waals surface area contributed by atoms with Gasteiger partial charge in [-0.15, -0.1) is 0 Å². The highest BCUT2D eigenvalue weighted by Crippen LogP contribution is 2.33. The minimum atomic E-state index is -0.758. The lowest BCUT2D eigenvalue weighted by Crippen LogP contribution is -2.31. The number of ether oxygens (including phenoxy) is 1. The average Bonchev–Trinajstić information content (AvgIpc) is 3.49. The standard InChI is InChI=1S/C23H24FNO4/c1-2-28-23(27)22-18-5-3-4-6-20(18)29-21(22)14-25(17-11-12-17)13-19(26)15-7-9-16(24)10-8-15/h3-10,17,19,26H,2,11-14H2,1H3. The van der Waals surface area contributed by atoms with Crippen molar-refractivity contribution in [1.82, 2.24) is 4.90 Å². The molecule has 0 amide bonds. The van der Waals surface area contributed by atoms with Gasteiger partial charge < -0.3 is 14.3 Å². The number of aliphatic hydroxyl groups excluding tert-OH is 1. The largest absolute Gasteiger partial charge is 0.462 e. The average molecular weight is 397 g/mol. The minimum Gasteiger partial charge on any atom is -0.462 e. The van der Waals surface area contributed by atoms with Crippen LogP contribution in [0.5, 0.6) is 0 Å². The summed E-state index contributed by atoms with van der Waals surface area (Å²) < 4.78 is 24.4. The molecule has 152 valence electrons.